The number of hydrogen-bond donors (Lipinski definition) is 1. The first kappa shape index (κ1) is 18.7. The number of ether oxygens (including phenoxy) is 2. The second-order valence-corrected chi connectivity index (χ2v) is 6.81. The molecule has 1 atom stereocenters. The maximum Gasteiger partial charge on any atom is 0.349 e. The highest BCUT2D eigenvalue weighted by Gasteiger charge is 2.26. The lowest BCUT2D eigenvalue weighted by molar-refractivity contribution is -0.125. The summed E-state index contributed by atoms with van der Waals surface area (Å²) in [7, 11) is 1.53. The topological polar surface area (TPSA) is 64.6 Å². The van der Waals surface area contributed by atoms with Crippen LogP contribution in [0.15, 0.2) is 66.0 Å². The Bertz CT molecular complexity index is 923. The number of rotatable bonds is 6. The average Bonchev–Trinajstić information content (AvgIpc) is 3.21. The van der Waals surface area contributed by atoms with Crippen LogP contribution in [0.2, 0.25) is 0 Å². The van der Waals surface area contributed by atoms with Crippen LogP contribution >= 0.6 is 11.3 Å². The SMILES string of the molecule is COc1ccc(C)cc1NC(=O)[C@@H](OC(=O)c1cccs1)c1ccccc1. The third-order valence-corrected chi connectivity index (χ3v) is 4.75. The fraction of sp³-hybridized carbons (Fsp3) is 0.143. The second-order valence-electron chi connectivity index (χ2n) is 5.87. The van der Waals surface area contributed by atoms with Crippen LogP contribution in [-0.4, -0.2) is 19.0 Å². The predicted octanol–water partition coefficient (Wildman–Crippen LogP) is 4.60. The molecule has 3 rings (SSSR count). The number of carbonyl (C=O) groups is 2. The van der Waals surface area contributed by atoms with Gasteiger partial charge in [0.25, 0.3) is 5.91 Å². The number of benzene rings is 2. The van der Waals surface area contributed by atoms with Crippen LogP contribution < -0.4 is 10.1 Å². The fourth-order valence-electron chi connectivity index (χ4n) is 2.58. The van der Waals surface area contributed by atoms with E-state index in [0.717, 1.165) is 5.56 Å². The van der Waals surface area contributed by atoms with Crippen LogP contribution in [0.3, 0.4) is 0 Å². The van der Waals surface area contributed by atoms with E-state index in [4.69, 9.17) is 9.47 Å². The van der Waals surface area contributed by atoms with Crippen molar-refractivity contribution in [2.75, 3.05) is 12.4 Å². The monoisotopic (exact) mass is 381 g/mol. The van der Waals surface area contributed by atoms with Crippen LogP contribution in [0.5, 0.6) is 5.75 Å². The quantitative estimate of drug-likeness (QED) is 0.634. The Morgan fingerprint density at radius 1 is 1.04 bits per heavy atom. The van der Waals surface area contributed by atoms with Crippen LogP contribution in [0.1, 0.15) is 26.9 Å². The van der Waals surface area contributed by atoms with Crippen molar-refractivity contribution in [2.45, 2.75) is 13.0 Å². The molecule has 27 heavy (non-hydrogen) atoms. The first-order chi connectivity index (χ1) is 13.1. The molecule has 0 aliphatic heterocycles. The van der Waals surface area contributed by atoms with Crippen LogP contribution in [-0.2, 0) is 9.53 Å². The summed E-state index contributed by atoms with van der Waals surface area (Å²) in [6, 6.07) is 17.8. The van der Waals surface area contributed by atoms with Crippen molar-refractivity contribution >= 4 is 28.9 Å². The van der Waals surface area contributed by atoms with Crippen molar-refractivity contribution in [2.24, 2.45) is 0 Å². The molecule has 0 bridgehead atoms. The maximum atomic E-state index is 13.0. The fourth-order valence-corrected chi connectivity index (χ4v) is 3.18. The van der Waals surface area contributed by atoms with E-state index in [1.54, 1.807) is 53.9 Å². The summed E-state index contributed by atoms with van der Waals surface area (Å²) < 4.78 is 10.8. The molecule has 2 aromatic carbocycles. The zero-order chi connectivity index (χ0) is 19.2. The van der Waals surface area contributed by atoms with E-state index in [2.05, 4.69) is 5.32 Å². The number of thiophene rings is 1. The molecule has 6 heteroatoms. The normalized spacial score (nSPS) is 11.5. The van der Waals surface area contributed by atoms with Crippen LogP contribution in [0.25, 0.3) is 0 Å². The summed E-state index contributed by atoms with van der Waals surface area (Å²) in [5.74, 6) is -0.453. The number of anilines is 1. The maximum absolute atomic E-state index is 13.0. The lowest BCUT2D eigenvalue weighted by atomic mass is 10.1. The highest BCUT2D eigenvalue weighted by molar-refractivity contribution is 7.11. The van der Waals surface area contributed by atoms with Gasteiger partial charge in [0, 0.05) is 5.56 Å². The van der Waals surface area contributed by atoms with Gasteiger partial charge in [0.2, 0.25) is 6.10 Å². The van der Waals surface area contributed by atoms with E-state index in [1.807, 2.05) is 19.1 Å². The Labute approximate surface area is 161 Å². The molecule has 1 aromatic heterocycles. The van der Waals surface area contributed by atoms with Gasteiger partial charge in [-0.25, -0.2) is 4.79 Å². The zero-order valence-corrected chi connectivity index (χ0v) is 15.8. The van der Waals surface area contributed by atoms with E-state index in [0.29, 0.717) is 21.9 Å². The van der Waals surface area contributed by atoms with Gasteiger partial charge >= 0.3 is 5.97 Å². The number of nitrogens with one attached hydrogen (secondary N) is 1. The van der Waals surface area contributed by atoms with Crippen LogP contribution in [0, 0.1) is 6.92 Å². The van der Waals surface area contributed by atoms with Gasteiger partial charge in [0.05, 0.1) is 12.8 Å². The van der Waals surface area contributed by atoms with Gasteiger partial charge in [-0.15, -0.1) is 11.3 Å². The molecule has 0 fully saturated rings. The highest BCUT2D eigenvalue weighted by atomic mass is 32.1. The number of aryl methyl sites for hydroxylation is 1. The number of hydrogen-bond acceptors (Lipinski definition) is 5. The summed E-state index contributed by atoms with van der Waals surface area (Å²) in [5, 5.41) is 4.60. The summed E-state index contributed by atoms with van der Waals surface area (Å²) in [4.78, 5) is 25.8. The molecule has 5 nitrogen and oxygen atoms in total. The molecule has 0 saturated heterocycles. The summed E-state index contributed by atoms with van der Waals surface area (Å²) in [6.45, 7) is 1.92. The first-order valence-electron chi connectivity index (χ1n) is 8.33. The molecule has 0 radical (unpaired) electrons. The molecule has 1 heterocycles. The summed E-state index contributed by atoms with van der Waals surface area (Å²) >= 11 is 1.27. The summed E-state index contributed by atoms with van der Waals surface area (Å²) in [6.07, 6.45) is -1.08. The number of methoxy groups -OCH3 is 1. The molecule has 1 amide bonds. The minimum Gasteiger partial charge on any atom is -0.495 e. The Morgan fingerprint density at radius 2 is 1.81 bits per heavy atom. The van der Waals surface area contributed by atoms with Gasteiger partial charge < -0.3 is 14.8 Å². The van der Waals surface area contributed by atoms with Crippen molar-refractivity contribution in [1.29, 1.82) is 0 Å². The van der Waals surface area contributed by atoms with Gasteiger partial charge in [-0.05, 0) is 36.1 Å². The van der Waals surface area contributed by atoms with E-state index in [1.165, 1.54) is 18.4 Å². The number of esters is 1. The van der Waals surface area contributed by atoms with E-state index in [9.17, 15) is 9.59 Å². The molecule has 138 valence electrons. The smallest absolute Gasteiger partial charge is 0.349 e. The van der Waals surface area contributed by atoms with Crippen LogP contribution in [0.4, 0.5) is 5.69 Å². The van der Waals surface area contributed by atoms with Gasteiger partial charge in [-0.2, -0.15) is 0 Å². The molecule has 0 aliphatic rings. The van der Waals surface area contributed by atoms with Gasteiger partial charge in [-0.3, -0.25) is 4.79 Å². The van der Waals surface area contributed by atoms with E-state index < -0.39 is 18.0 Å². The molecular formula is C21H19NO4S. The minimum absolute atomic E-state index is 0.442. The van der Waals surface area contributed by atoms with Crippen molar-refractivity contribution in [3.63, 3.8) is 0 Å². The van der Waals surface area contributed by atoms with Crippen molar-refractivity contribution in [3.05, 3.63) is 82.0 Å². The minimum atomic E-state index is -1.08. The van der Waals surface area contributed by atoms with Gasteiger partial charge in [0.1, 0.15) is 10.6 Å². The lowest BCUT2D eigenvalue weighted by Crippen LogP contribution is -2.26. The predicted molar refractivity (Wildman–Crippen MR) is 105 cm³/mol. The molecule has 0 unspecified atom stereocenters. The highest BCUT2D eigenvalue weighted by Crippen LogP contribution is 2.28. The first-order valence-corrected chi connectivity index (χ1v) is 9.21. The van der Waals surface area contributed by atoms with E-state index in [-0.39, 0.29) is 0 Å². The molecule has 0 aliphatic carbocycles. The third-order valence-electron chi connectivity index (χ3n) is 3.90. The van der Waals surface area contributed by atoms with Gasteiger partial charge in [-0.1, -0.05) is 42.5 Å². The van der Waals surface area contributed by atoms with E-state index >= 15 is 0 Å². The van der Waals surface area contributed by atoms with Crippen molar-refractivity contribution in [1.82, 2.24) is 0 Å². The number of amides is 1. The van der Waals surface area contributed by atoms with Crippen molar-refractivity contribution < 1.29 is 19.1 Å². The largest absolute Gasteiger partial charge is 0.495 e. The Balaban J connectivity index is 1.87. The number of carbonyl (C=O) groups excluding carboxylic acids is 2. The molecule has 0 saturated carbocycles. The molecule has 3 aromatic rings. The molecular weight excluding hydrogens is 362 g/mol. The van der Waals surface area contributed by atoms with Gasteiger partial charge in [0.15, 0.2) is 0 Å². The standard InChI is InChI=1S/C21H19NO4S/c1-14-10-11-17(25-2)16(13-14)22-20(23)19(15-7-4-3-5-8-15)26-21(24)18-9-6-12-27-18/h3-13,19H,1-2H3,(H,22,23)/t19-/m0/s1. The Kier molecular flexibility index (Phi) is 5.88. The zero-order valence-electron chi connectivity index (χ0n) is 15.0. The average molecular weight is 381 g/mol. The second kappa shape index (κ2) is 8.51. The lowest BCUT2D eigenvalue weighted by Gasteiger charge is -2.19. The van der Waals surface area contributed by atoms with Crippen molar-refractivity contribution in [3.8, 4) is 5.75 Å². The molecule has 1 N–H and O–H groups in total. The summed E-state index contributed by atoms with van der Waals surface area (Å²) in [5.41, 5.74) is 2.08. The third kappa shape index (κ3) is 4.54. The Hall–Kier alpha value is -3.12. The molecule has 0 spiro atoms. The Morgan fingerprint density at radius 3 is 2.48 bits per heavy atom.